The molecule has 0 N–H and O–H groups in total. The highest BCUT2D eigenvalue weighted by Crippen LogP contribution is 2.38. The van der Waals surface area contributed by atoms with Crippen LogP contribution in [0.25, 0.3) is 11.1 Å². The lowest BCUT2D eigenvalue weighted by atomic mass is 9.86. The first-order valence-corrected chi connectivity index (χ1v) is 14.7. The van der Waals surface area contributed by atoms with Crippen molar-refractivity contribution in [3.8, 4) is 0 Å². The SMILES string of the molecule is CSc1ccc(C(=C(c2ccc(SC)cc2)c2ccc(SC)cc2)c2ccc(S)cc2)cc1. The Kier molecular flexibility index (Phi) is 8.37. The van der Waals surface area contributed by atoms with Crippen LogP contribution in [0.2, 0.25) is 0 Å². The molecule has 0 aliphatic rings. The molecule has 0 aliphatic heterocycles. The van der Waals surface area contributed by atoms with Crippen molar-refractivity contribution in [2.24, 2.45) is 0 Å². The van der Waals surface area contributed by atoms with Gasteiger partial charge in [0.2, 0.25) is 0 Å². The van der Waals surface area contributed by atoms with Gasteiger partial charge >= 0.3 is 0 Å². The van der Waals surface area contributed by atoms with Crippen molar-refractivity contribution >= 4 is 59.1 Å². The molecule has 0 saturated heterocycles. The van der Waals surface area contributed by atoms with Crippen LogP contribution in [-0.4, -0.2) is 18.8 Å². The number of rotatable bonds is 7. The molecule has 0 unspecified atom stereocenters. The molecule has 33 heavy (non-hydrogen) atoms. The highest BCUT2D eigenvalue weighted by Gasteiger charge is 2.16. The summed E-state index contributed by atoms with van der Waals surface area (Å²) < 4.78 is 0. The van der Waals surface area contributed by atoms with Crippen molar-refractivity contribution in [1.29, 1.82) is 0 Å². The Morgan fingerprint density at radius 1 is 0.424 bits per heavy atom. The quantitative estimate of drug-likeness (QED) is 0.152. The van der Waals surface area contributed by atoms with Gasteiger partial charge in [0.25, 0.3) is 0 Å². The lowest BCUT2D eigenvalue weighted by Gasteiger charge is -2.19. The second-order valence-electron chi connectivity index (χ2n) is 7.48. The molecule has 0 saturated carbocycles. The van der Waals surface area contributed by atoms with Gasteiger partial charge in [0.15, 0.2) is 0 Å². The summed E-state index contributed by atoms with van der Waals surface area (Å²) in [7, 11) is 0. The molecule has 166 valence electrons. The highest BCUT2D eigenvalue weighted by molar-refractivity contribution is 7.99. The van der Waals surface area contributed by atoms with Crippen LogP contribution in [0, 0.1) is 0 Å². The Hall–Kier alpha value is -1.98. The maximum Gasteiger partial charge on any atom is 0.00695 e. The van der Waals surface area contributed by atoms with E-state index in [9.17, 15) is 0 Å². The third-order valence-electron chi connectivity index (χ3n) is 5.54. The van der Waals surface area contributed by atoms with Gasteiger partial charge in [0.05, 0.1) is 0 Å². The van der Waals surface area contributed by atoms with Gasteiger partial charge in [-0.1, -0.05) is 48.5 Å². The third-order valence-corrected chi connectivity index (χ3v) is 8.07. The summed E-state index contributed by atoms with van der Waals surface area (Å²) in [5.41, 5.74) is 7.27. The van der Waals surface area contributed by atoms with E-state index in [0.29, 0.717) is 0 Å². The third kappa shape index (κ3) is 5.75. The highest BCUT2D eigenvalue weighted by atomic mass is 32.2. The van der Waals surface area contributed by atoms with E-state index in [2.05, 4.69) is 128 Å². The fraction of sp³-hybridized carbons (Fsp3) is 0.103. The number of thiol groups is 1. The van der Waals surface area contributed by atoms with E-state index in [4.69, 9.17) is 0 Å². The molecule has 0 heterocycles. The van der Waals surface area contributed by atoms with E-state index >= 15 is 0 Å². The van der Waals surface area contributed by atoms with E-state index in [1.54, 1.807) is 35.3 Å². The van der Waals surface area contributed by atoms with Crippen LogP contribution in [0.15, 0.2) is 117 Å². The molecule has 0 aromatic heterocycles. The summed E-state index contributed by atoms with van der Waals surface area (Å²) in [5, 5.41) is 0. The Morgan fingerprint density at radius 3 is 0.909 bits per heavy atom. The number of hydrogen-bond donors (Lipinski definition) is 1. The molecule has 0 aliphatic carbocycles. The molecular formula is C29H26S4. The van der Waals surface area contributed by atoms with Gasteiger partial charge < -0.3 is 0 Å². The molecule has 0 amide bonds. The first-order valence-electron chi connectivity index (χ1n) is 10.6. The average Bonchev–Trinajstić information content (AvgIpc) is 2.88. The zero-order chi connectivity index (χ0) is 23.2. The van der Waals surface area contributed by atoms with Crippen LogP contribution in [0.3, 0.4) is 0 Å². The van der Waals surface area contributed by atoms with E-state index < -0.39 is 0 Å². The standard InChI is InChI=1S/C29H26S4/c1-31-25-14-6-21(7-15-25)28(20-4-12-24(30)13-5-20)29(22-8-16-26(32-2)17-9-22)23-10-18-27(33-3)19-11-23/h4-19,30H,1-3H3. The van der Waals surface area contributed by atoms with E-state index in [-0.39, 0.29) is 0 Å². The largest absolute Gasteiger partial charge is 0.143 e. The van der Waals surface area contributed by atoms with Gasteiger partial charge in [-0.2, -0.15) is 0 Å². The number of thioether (sulfide) groups is 3. The molecule has 0 atom stereocenters. The zero-order valence-electron chi connectivity index (χ0n) is 18.9. The maximum atomic E-state index is 4.53. The normalized spacial score (nSPS) is 10.8. The topological polar surface area (TPSA) is 0 Å². The van der Waals surface area contributed by atoms with Crippen molar-refractivity contribution in [2.75, 3.05) is 18.8 Å². The van der Waals surface area contributed by atoms with Crippen LogP contribution < -0.4 is 0 Å². The Bertz CT molecular complexity index is 1170. The summed E-state index contributed by atoms with van der Waals surface area (Å²) in [6.07, 6.45) is 6.35. The second kappa shape index (κ2) is 11.4. The molecule has 4 heteroatoms. The number of hydrogen-bond acceptors (Lipinski definition) is 4. The molecule has 4 aromatic rings. The van der Waals surface area contributed by atoms with Crippen LogP contribution in [0.5, 0.6) is 0 Å². The molecule has 0 bridgehead atoms. The van der Waals surface area contributed by atoms with Gasteiger partial charge in [0, 0.05) is 19.6 Å². The second-order valence-corrected chi connectivity index (χ2v) is 10.6. The average molecular weight is 503 g/mol. The minimum absolute atomic E-state index is 0.964. The number of benzene rings is 4. The molecule has 4 aromatic carbocycles. The van der Waals surface area contributed by atoms with Crippen LogP contribution >= 0.6 is 47.9 Å². The molecular weight excluding hydrogens is 477 g/mol. The molecule has 0 radical (unpaired) electrons. The molecule has 0 fully saturated rings. The first kappa shape index (κ1) is 24.2. The minimum atomic E-state index is 0.964. The lowest BCUT2D eigenvalue weighted by molar-refractivity contribution is 1.39. The fourth-order valence-corrected chi connectivity index (χ4v) is 5.19. The van der Waals surface area contributed by atoms with Gasteiger partial charge in [-0.25, -0.2) is 0 Å². The maximum absolute atomic E-state index is 4.53. The summed E-state index contributed by atoms with van der Waals surface area (Å²) in [6, 6.07) is 35.2. The zero-order valence-corrected chi connectivity index (χ0v) is 22.3. The monoisotopic (exact) mass is 502 g/mol. The van der Waals surface area contributed by atoms with E-state index in [0.717, 1.165) is 4.90 Å². The first-order chi connectivity index (χ1) is 16.1. The van der Waals surface area contributed by atoms with Crippen molar-refractivity contribution in [3.63, 3.8) is 0 Å². The Morgan fingerprint density at radius 2 is 0.667 bits per heavy atom. The molecule has 0 nitrogen and oxygen atoms in total. The lowest BCUT2D eigenvalue weighted by Crippen LogP contribution is -1.98. The summed E-state index contributed by atoms with van der Waals surface area (Å²) in [4.78, 5) is 4.76. The summed E-state index contributed by atoms with van der Waals surface area (Å²) in [5.74, 6) is 0. The Balaban J connectivity index is 2.03. The van der Waals surface area contributed by atoms with E-state index in [1.807, 2.05) is 0 Å². The minimum Gasteiger partial charge on any atom is -0.143 e. The summed E-state index contributed by atoms with van der Waals surface area (Å²) >= 11 is 9.83. The van der Waals surface area contributed by atoms with Crippen molar-refractivity contribution in [2.45, 2.75) is 19.6 Å². The predicted octanol–water partition coefficient (Wildman–Crippen LogP) is 9.15. The van der Waals surface area contributed by atoms with Crippen LogP contribution in [-0.2, 0) is 0 Å². The predicted molar refractivity (Wildman–Crippen MR) is 153 cm³/mol. The smallest absolute Gasteiger partial charge is 0.00695 e. The van der Waals surface area contributed by atoms with Gasteiger partial charge in [-0.05, 0) is 101 Å². The van der Waals surface area contributed by atoms with Gasteiger partial charge in [-0.15, -0.1) is 47.9 Å². The summed E-state index contributed by atoms with van der Waals surface area (Å²) in [6.45, 7) is 0. The van der Waals surface area contributed by atoms with Gasteiger partial charge in [-0.3, -0.25) is 0 Å². The van der Waals surface area contributed by atoms with Crippen molar-refractivity contribution < 1.29 is 0 Å². The Labute approximate surface area is 215 Å². The van der Waals surface area contributed by atoms with E-state index in [1.165, 1.54) is 48.1 Å². The molecule has 0 spiro atoms. The van der Waals surface area contributed by atoms with Crippen LogP contribution in [0.1, 0.15) is 22.3 Å². The molecule has 4 rings (SSSR count). The van der Waals surface area contributed by atoms with Gasteiger partial charge in [0.1, 0.15) is 0 Å². The van der Waals surface area contributed by atoms with Crippen molar-refractivity contribution in [1.82, 2.24) is 0 Å². The van der Waals surface area contributed by atoms with Crippen molar-refractivity contribution in [3.05, 3.63) is 119 Å². The van der Waals surface area contributed by atoms with Crippen LogP contribution in [0.4, 0.5) is 0 Å². The fourth-order valence-electron chi connectivity index (χ4n) is 3.81.